The largest absolute Gasteiger partial charge is 0.390 e. The molecule has 0 aliphatic carbocycles. The van der Waals surface area contributed by atoms with Crippen molar-refractivity contribution < 1.29 is 9.90 Å². The van der Waals surface area contributed by atoms with E-state index in [-0.39, 0.29) is 5.91 Å². The van der Waals surface area contributed by atoms with Crippen LogP contribution in [-0.4, -0.2) is 59.1 Å². The van der Waals surface area contributed by atoms with E-state index in [1.165, 1.54) is 32.4 Å². The van der Waals surface area contributed by atoms with Crippen LogP contribution in [-0.2, 0) is 6.42 Å². The van der Waals surface area contributed by atoms with Crippen LogP contribution in [0.1, 0.15) is 61.9 Å². The van der Waals surface area contributed by atoms with Crippen LogP contribution in [0.4, 0.5) is 0 Å². The van der Waals surface area contributed by atoms with Crippen LogP contribution < -0.4 is 0 Å². The molecule has 2 aliphatic rings. The summed E-state index contributed by atoms with van der Waals surface area (Å²) in [6, 6.07) is 7.96. The molecule has 26 heavy (non-hydrogen) atoms. The monoisotopic (exact) mass is 358 g/mol. The number of nitrogens with zero attached hydrogens (tertiary/aromatic N) is 2. The van der Waals surface area contributed by atoms with Crippen LogP contribution in [0, 0.1) is 5.92 Å². The maximum Gasteiger partial charge on any atom is 0.253 e. The molecule has 0 unspecified atom stereocenters. The Balaban J connectivity index is 1.59. The molecule has 144 valence electrons. The molecule has 0 aromatic heterocycles. The van der Waals surface area contributed by atoms with Gasteiger partial charge in [-0.1, -0.05) is 12.1 Å². The minimum Gasteiger partial charge on any atom is -0.390 e. The molecule has 1 aromatic carbocycles. The van der Waals surface area contributed by atoms with E-state index in [1.807, 2.05) is 32.0 Å². The maximum atomic E-state index is 13.0. The SMILES string of the molecule is CC(C)(O)CCc1cccc(C(=O)N2CCC[C@@H](CN3CCCC3)C2)c1. The molecule has 1 amide bonds. The van der Waals surface area contributed by atoms with Crippen molar-refractivity contribution >= 4 is 5.91 Å². The van der Waals surface area contributed by atoms with E-state index in [9.17, 15) is 9.90 Å². The van der Waals surface area contributed by atoms with E-state index in [0.717, 1.165) is 43.6 Å². The third-order valence-electron chi connectivity index (χ3n) is 5.72. The minimum absolute atomic E-state index is 0.168. The van der Waals surface area contributed by atoms with Crippen molar-refractivity contribution in [1.82, 2.24) is 9.80 Å². The second kappa shape index (κ2) is 8.53. The van der Waals surface area contributed by atoms with Crippen LogP contribution >= 0.6 is 0 Å². The van der Waals surface area contributed by atoms with E-state index < -0.39 is 5.60 Å². The molecule has 0 bridgehead atoms. The second-order valence-corrected chi connectivity index (χ2v) is 8.78. The minimum atomic E-state index is -0.671. The normalized spacial score (nSPS) is 22.0. The van der Waals surface area contributed by atoms with E-state index in [1.54, 1.807) is 0 Å². The first kappa shape index (κ1) is 19.4. The molecule has 2 saturated heterocycles. The number of hydrogen-bond donors (Lipinski definition) is 1. The molecule has 0 saturated carbocycles. The zero-order chi connectivity index (χ0) is 18.6. The highest BCUT2D eigenvalue weighted by molar-refractivity contribution is 5.94. The Morgan fingerprint density at radius 1 is 1.19 bits per heavy atom. The number of amides is 1. The van der Waals surface area contributed by atoms with Crippen molar-refractivity contribution in [2.24, 2.45) is 5.92 Å². The number of carbonyl (C=O) groups excluding carboxylic acids is 1. The maximum absolute atomic E-state index is 13.0. The molecule has 2 fully saturated rings. The Labute approximate surface area is 158 Å². The van der Waals surface area contributed by atoms with Gasteiger partial charge in [-0.3, -0.25) is 4.79 Å². The molecule has 1 N–H and O–H groups in total. The van der Waals surface area contributed by atoms with E-state index in [0.29, 0.717) is 12.3 Å². The predicted molar refractivity (Wildman–Crippen MR) is 105 cm³/mol. The number of piperidine rings is 1. The van der Waals surface area contributed by atoms with Crippen LogP contribution in [0.2, 0.25) is 0 Å². The van der Waals surface area contributed by atoms with Crippen molar-refractivity contribution in [2.75, 3.05) is 32.7 Å². The highest BCUT2D eigenvalue weighted by atomic mass is 16.3. The van der Waals surface area contributed by atoms with Gasteiger partial charge in [0.05, 0.1) is 5.60 Å². The lowest BCUT2D eigenvalue weighted by Gasteiger charge is -2.34. The molecule has 1 aromatic rings. The molecular weight excluding hydrogens is 324 g/mol. The summed E-state index contributed by atoms with van der Waals surface area (Å²) >= 11 is 0. The number of aliphatic hydroxyl groups is 1. The lowest BCUT2D eigenvalue weighted by atomic mass is 9.95. The van der Waals surface area contributed by atoms with Gasteiger partial charge in [0.2, 0.25) is 0 Å². The summed E-state index contributed by atoms with van der Waals surface area (Å²) in [5.41, 5.74) is 1.25. The molecule has 1 atom stereocenters. The highest BCUT2D eigenvalue weighted by Crippen LogP contribution is 2.22. The van der Waals surface area contributed by atoms with E-state index in [4.69, 9.17) is 0 Å². The average molecular weight is 359 g/mol. The molecule has 2 aliphatic heterocycles. The van der Waals surface area contributed by atoms with Gasteiger partial charge < -0.3 is 14.9 Å². The smallest absolute Gasteiger partial charge is 0.253 e. The average Bonchev–Trinajstić information content (AvgIpc) is 3.12. The van der Waals surface area contributed by atoms with Crippen molar-refractivity contribution in [3.8, 4) is 0 Å². The fourth-order valence-electron chi connectivity index (χ4n) is 4.22. The second-order valence-electron chi connectivity index (χ2n) is 8.78. The lowest BCUT2D eigenvalue weighted by molar-refractivity contribution is 0.0648. The van der Waals surface area contributed by atoms with Gasteiger partial charge in [-0.05, 0) is 89.1 Å². The molecule has 2 heterocycles. The van der Waals surface area contributed by atoms with Crippen molar-refractivity contribution in [1.29, 1.82) is 0 Å². The third-order valence-corrected chi connectivity index (χ3v) is 5.72. The molecule has 4 heteroatoms. The van der Waals surface area contributed by atoms with Crippen LogP contribution in [0.25, 0.3) is 0 Å². The number of aryl methyl sites for hydroxylation is 1. The highest BCUT2D eigenvalue weighted by Gasteiger charge is 2.26. The molecule has 0 radical (unpaired) electrons. The van der Waals surface area contributed by atoms with Crippen LogP contribution in [0.5, 0.6) is 0 Å². The standard InChI is InChI=1S/C22H34N2O2/c1-22(2,26)11-10-18-7-5-9-20(15-18)21(25)24-14-6-8-19(17-24)16-23-12-3-4-13-23/h5,7,9,15,19,26H,3-4,6,8,10-14,16-17H2,1-2H3/t19-/m0/s1. The first-order valence-corrected chi connectivity index (χ1v) is 10.2. The fraction of sp³-hybridized carbons (Fsp3) is 0.682. The number of hydrogen-bond acceptors (Lipinski definition) is 3. The quantitative estimate of drug-likeness (QED) is 0.848. The predicted octanol–water partition coefficient (Wildman–Crippen LogP) is 3.34. The zero-order valence-corrected chi connectivity index (χ0v) is 16.4. The first-order valence-electron chi connectivity index (χ1n) is 10.2. The summed E-state index contributed by atoms with van der Waals surface area (Å²) in [7, 11) is 0. The van der Waals surface area contributed by atoms with Gasteiger partial charge in [0, 0.05) is 25.2 Å². The number of likely N-dealkylation sites (tertiary alicyclic amines) is 2. The van der Waals surface area contributed by atoms with Gasteiger partial charge in [0.25, 0.3) is 5.91 Å². The van der Waals surface area contributed by atoms with E-state index >= 15 is 0 Å². The Kier molecular flexibility index (Phi) is 6.36. The van der Waals surface area contributed by atoms with Gasteiger partial charge in [-0.15, -0.1) is 0 Å². The molecular formula is C22H34N2O2. The summed E-state index contributed by atoms with van der Waals surface area (Å²) in [5, 5.41) is 9.93. The summed E-state index contributed by atoms with van der Waals surface area (Å²) in [4.78, 5) is 17.6. The Bertz CT molecular complexity index is 602. The summed E-state index contributed by atoms with van der Waals surface area (Å²) < 4.78 is 0. The Morgan fingerprint density at radius 2 is 1.96 bits per heavy atom. The Morgan fingerprint density at radius 3 is 2.69 bits per heavy atom. The molecule has 3 rings (SSSR count). The zero-order valence-electron chi connectivity index (χ0n) is 16.4. The topological polar surface area (TPSA) is 43.8 Å². The van der Waals surface area contributed by atoms with Gasteiger partial charge in [-0.25, -0.2) is 0 Å². The summed E-state index contributed by atoms with van der Waals surface area (Å²) in [5.74, 6) is 0.783. The Hall–Kier alpha value is -1.39. The van der Waals surface area contributed by atoms with Crippen molar-refractivity contribution in [3.63, 3.8) is 0 Å². The first-order chi connectivity index (χ1) is 12.4. The summed E-state index contributed by atoms with van der Waals surface area (Å²) in [6.45, 7) is 9.04. The van der Waals surface area contributed by atoms with Crippen molar-refractivity contribution in [2.45, 2.75) is 58.0 Å². The van der Waals surface area contributed by atoms with Gasteiger partial charge in [0.1, 0.15) is 0 Å². The van der Waals surface area contributed by atoms with Gasteiger partial charge in [-0.2, -0.15) is 0 Å². The molecule has 4 nitrogen and oxygen atoms in total. The number of rotatable bonds is 6. The lowest BCUT2D eigenvalue weighted by Crippen LogP contribution is -2.43. The fourth-order valence-corrected chi connectivity index (χ4v) is 4.22. The van der Waals surface area contributed by atoms with Crippen LogP contribution in [0.3, 0.4) is 0 Å². The van der Waals surface area contributed by atoms with E-state index in [2.05, 4.69) is 15.9 Å². The number of carbonyl (C=O) groups is 1. The molecule has 0 spiro atoms. The summed E-state index contributed by atoms with van der Waals surface area (Å²) in [6.07, 6.45) is 6.50. The van der Waals surface area contributed by atoms with Gasteiger partial charge >= 0.3 is 0 Å². The van der Waals surface area contributed by atoms with Crippen molar-refractivity contribution in [3.05, 3.63) is 35.4 Å². The number of benzene rings is 1. The van der Waals surface area contributed by atoms with Crippen LogP contribution in [0.15, 0.2) is 24.3 Å². The van der Waals surface area contributed by atoms with Gasteiger partial charge in [0.15, 0.2) is 0 Å². The third kappa shape index (κ3) is 5.55.